The van der Waals surface area contributed by atoms with Gasteiger partial charge >= 0.3 is 5.97 Å². The summed E-state index contributed by atoms with van der Waals surface area (Å²) in [6.45, 7) is 3.13. The Kier molecular flexibility index (Phi) is 6.07. The van der Waals surface area contributed by atoms with Crippen LogP contribution < -0.4 is 4.74 Å². The summed E-state index contributed by atoms with van der Waals surface area (Å²) in [5.74, 6) is -1.11. The Morgan fingerprint density at radius 2 is 2.05 bits per heavy atom. The van der Waals surface area contributed by atoms with Gasteiger partial charge in [-0.15, -0.1) is 0 Å². The zero-order valence-corrected chi connectivity index (χ0v) is 14.2. The number of benzene rings is 1. The van der Waals surface area contributed by atoms with Gasteiger partial charge in [-0.2, -0.15) is 0 Å². The fourth-order valence-electron chi connectivity index (χ4n) is 1.65. The first-order chi connectivity index (χ1) is 9.27. The molecule has 0 fully saturated rings. The smallest absolute Gasteiger partial charge is 0.323 e. The number of carbonyl (C=O) groups is 2. The monoisotopic (exact) mass is 411 g/mol. The first-order valence-electron chi connectivity index (χ1n) is 5.83. The zero-order chi connectivity index (χ0) is 15.4. The minimum absolute atomic E-state index is 0.249. The van der Waals surface area contributed by atoms with Crippen LogP contribution in [0.2, 0.25) is 5.02 Å². The van der Waals surface area contributed by atoms with Gasteiger partial charge in [-0.25, -0.2) is 0 Å². The third-order valence-corrected chi connectivity index (χ3v) is 4.19. The van der Waals surface area contributed by atoms with E-state index in [1.165, 1.54) is 18.1 Å². The Hall–Kier alpha value is -1.02. The maximum atomic E-state index is 12.5. The van der Waals surface area contributed by atoms with E-state index in [-0.39, 0.29) is 18.2 Å². The van der Waals surface area contributed by atoms with Crippen LogP contribution in [0.5, 0.6) is 5.75 Å². The predicted octanol–water partition coefficient (Wildman–Crippen LogP) is 2.89. The molecule has 0 saturated heterocycles. The number of carbonyl (C=O) groups excluding carboxylic acids is 1. The van der Waals surface area contributed by atoms with Crippen LogP contribution in [0.3, 0.4) is 0 Å². The molecule has 0 aromatic heterocycles. The van der Waals surface area contributed by atoms with Gasteiger partial charge in [0.1, 0.15) is 12.3 Å². The van der Waals surface area contributed by atoms with Crippen molar-refractivity contribution in [2.45, 2.75) is 19.9 Å². The molecule has 5 nitrogen and oxygen atoms in total. The van der Waals surface area contributed by atoms with Gasteiger partial charge in [0.2, 0.25) is 0 Å². The lowest BCUT2D eigenvalue weighted by Crippen LogP contribution is -2.40. The molecular weight excluding hydrogens is 397 g/mol. The molecule has 7 heteroatoms. The molecule has 1 rings (SSSR count). The van der Waals surface area contributed by atoms with E-state index in [0.717, 1.165) is 3.57 Å². The molecule has 0 radical (unpaired) electrons. The molecule has 20 heavy (non-hydrogen) atoms. The lowest BCUT2D eigenvalue weighted by Gasteiger charge is -2.25. The van der Waals surface area contributed by atoms with Crippen molar-refractivity contribution in [3.05, 3.63) is 26.3 Å². The van der Waals surface area contributed by atoms with E-state index in [0.29, 0.717) is 10.8 Å². The van der Waals surface area contributed by atoms with Crippen LogP contribution in [0, 0.1) is 3.57 Å². The molecule has 1 amide bonds. The number of carboxylic acids is 1. The predicted molar refractivity (Wildman–Crippen MR) is 84.5 cm³/mol. The van der Waals surface area contributed by atoms with Crippen LogP contribution in [0.4, 0.5) is 0 Å². The first-order valence-corrected chi connectivity index (χ1v) is 7.29. The summed E-state index contributed by atoms with van der Waals surface area (Å²) >= 11 is 8.06. The fourth-order valence-corrected chi connectivity index (χ4v) is 2.26. The van der Waals surface area contributed by atoms with Gasteiger partial charge in [-0.05, 0) is 48.6 Å². The molecule has 0 atom stereocenters. The van der Waals surface area contributed by atoms with Crippen molar-refractivity contribution in [3.8, 4) is 5.75 Å². The maximum Gasteiger partial charge on any atom is 0.323 e. The lowest BCUT2D eigenvalue weighted by atomic mass is 10.1. The number of aliphatic carboxylic acids is 1. The number of ether oxygens (including phenoxy) is 1. The largest absolute Gasteiger partial charge is 0.496 e. The van der Waals surface area contributed by atoms with E-state index in [2.05, 4.69) is 0 Å². The Bertz CT molecular complexity index is 533. The number of halogens is 2. The number of rotatable bonds is 5. The molecule has 0 spiro atoms. The molecule has 1 N–H and O–H groups in total. The lowest BCUT2D eigenvalue weighted by molar-refractivity contribution is -0.138. The van der Waals surface area contributed by atoms with Gasteiger partial charge in [0.15, 0.2) is 0 Å². The quantitative estimate of drug-likeness (QED) is 0.757. The van der Waals surface area contributed by atoms with E-state index in [9.17, 15) is 9.59 Å². The summed E-state index contributed by atoms with van der Waals surface area (Å²) in [6.07, 6.45) is 0. The molecule has 1 aromatic rings. The van der Waals surface area contributed by atoms with Crippen LogP contribution >= 0.6 is 34.2 Å². The second-order valence-corrected chi connectivity index (χ2v) is 5.96. The molecule has 0 aliphatic carbocycles. The molecule has 0 bridgehead atoms. The van der Waals surface area contributed by atoms with Crippen molar-refractivity contribution < 1.29 is 19.4 Å². The molecule has 110 valence electrons. The molecule has 0 aliphatic heterocycles. The van der Waals surface area contributed by atoms with E-state index < -0.39 is 11.9 Å². The SMILES string of the molecule is COc1cc(I)c(Cl)cc1C(=O)N(CC(=O)O)C(C)C. The number of nitrogens with zero attached hydrogens (tertiary/aromatic N) is 1. The number of methoxy groups -OCH3 is 1. The summed E-state index contributed by atoms with van der Waals surface area (Å²) in [5.41, 5.74) is 0.257. The van der Waals surface area contributed by atoms with Crippen LogP contribution in [-0.4, -0.2) is 41.6 Å². The topological polar surface area (TPSA) is 66.8 Å². The Morgan fingerprint density at radius 1 is 1.45 bits per heavy atom. The molecule has 0 unspecified atom stereocenters. The fraction of sp³-hybridized carbons (Fsp3) is 0.385. The standard InChI is InChI=1S/C13H15ClINO4/c1-7(2)16(6-12(17)18)13(19)8-4-9(14)10(15)5-11(8)20-3/h4-5,7H,6H2,1-3H3,(H,17,18). The summed E-state index contributed by atoms with van der Waals surface area (Å²) in [5, 5.41) is 9.33. The molecule has 0 aliphatic rings. The van der Waals surface area contributed by atoms with Gasteiger partial charge in [-0.3, -0.25) is 9.59 Å². The van der Waals surface area contributed by atoms with E-state index in [4.69, 9.17) is 21.4 Å². The third-order valence-electron chi connectivity index (χ3n) is 2.66. The highest BCUT2D eigenvalue weighted by atomic mass is 127. The van der Waals surface area contributed by atoms with E-state index in [1.54, 1.807) is 19.9 Å². The number of carboxylic acid groups (broad SMARTS) is 1. The van der Waals surface area contributed by atoms with Crippen LogP contribution in [-0.2, 0) is 4.79 Å². The van der Waals surface area contributed by atoms with Crippen LogP contribution in [0.1, 0.15) is 24.2 Å². The summed E-state index contributed by atoms with van der Waals surface area (Å²) in [6, 6.07) is 2.90. The first kappa shape index (κ1) is 17.0. The number of hydrogen-bond acceptors (Lipinski definition) is 3. The molecule has 1 aromatic carbocycles. The van der Waals surface area contributed by atoms with E-state index >= 15 is 0 Å². The highest BCUT2D eigenvalue weighted by Gasteiger charge is 2.25. The minimum atomic E-state index is -1.07. The zero-order valence-electron chi connectivity index (χ0n) is 11.3. The normalized spacial score (nSPS) is 10.5. The van der Waals surface area contributed by atoms with Crippen LogP contribution in [0.25, 0.3) is 0 Å². The highest BCUT2D eigenvalue weighted by Crippen LogP contribution is 2.29. The van der Waals surface area contributed by atoms with Crippen molar-refractivity contribution in [1.29, 1.82) is 0 Å². The van der Waals surface area contributed by atoms with Crippen molar-refractivity contribution in [2.75, 3.05) is 13.7 Å². The van der Waals surface area contributed by atoms with Gasteiger partial charge in [-0.1, -0.05) is 11.6 Å². The average Bonchev–Trinajstić information content (AvgIpc) is 2.37. The molecule has 0 heterocycles. The third kappa shape index (κ3) is 3.99. The Labute approximate surface area is 136 Å². The Morgan fingerprint density at radius 3 is 2.50 bits per heavy atom. The molecule has 0 saturated carbocycles. The van der Waals surface area contributed by atoms with Crippen molar-refractivity contribution >= 4 is 46.1 Å². The van der Waals surface area contributed by atoms with Crippen molar-refractivity contribution in [2.24, 2.45) is 0 Å². The minimum Gasteiger partial charge on any atom is -0.496 e. The second kappa shape index (κ2) is 7.12. The van der Waals surface area contributed by atoms with Gasteiger partial charge in [0, 0.05) is 9.61 Å². The number of amides is 1. The maximum absolute atomic E-state index is 12.5. The van der Waals surface area contributed by atoms with Gasteiger partial charge in [0.25, 0.3) is 5.91 Å². The average molecular weight is 412 g/mol. The van der Waals surface area contributed by atoms with Crippen molar-refractivity contribution in [3.63, 3.8) is 0 Å². The van der Waals surface area contributed by atoms with Gasteiger partial charge in [0.05, 0.1) is 17.7 Å². The second-order valence-electron chi connectivity index (χ2n) is 4.39. The summed E-state index contributed by atoms with van der Waals surface area (Å²) in [7, 11) is 1.45. The number of hydrogen-bond donors (Lipinski definition) is 1. The van der Waals surface area contributed by atoms with E-state index in [1.807, 2.05) is 22.6 Å². The van der Waals surface area contributed by atoms with Crippen molar-refractivity contribution in [1.82, 2.24) is 4.90 Å². The summed E-state index contributed by atoms with van der Waals surface area (Å²) < 4.78 is 5.94. The molecular formula is C13H15ClINO4. The summed E-state index contributed by atoms with van der Waals surface area (Å²) in [4.78, 5) is 24.6. The van der Waals surface area contributed by atoms with Gasteiger partial charge < -0.3 is 14.7 Å². The highest BCUT2D eigenvalue weighted by molar-refractivity contribution is 14.1. The van der Waals surface area contributed by atoms with Crippen LogP contribution in [0.15, 0.2) is 12.1 Å². The Balaban J connectivity index is 3.23.